The maximum atomic E-state index is 4.20. The zero-order valence-electron chi connectivity index (χ0n) is 12.9. The van der Waals surface area contributed by atoms with Gasteiger partial charge in [-0.2, -0.15) is 5.10 Å². The van der Waals surface area contributed by atoms with Crippen molar-refractivity contribution >= 4 is 0 Å². The van der Waals surface area contributed by atoms with E-state index in [0.29, 0.717) is 0 Å². The summed E-state index contributed by atoms with van der Waals surface area (Å²) in [4.78, 5) is 4.12. The maximum absolute atomic E-state index is 4.20. The zero-order valence-corrected chi connectivity index (χ0v) is 12.9. The molecule has 0 aliphatic heterocycles. The fourth-order valence-corrected chi connectivity index (χ4v) is 2.44. The molecule has 0 saturated carbocycles. The normalized spacial score (nSPS) is 10.8. The third-order valence-electron chi connectivity index (χ3n) is 3.88. The van der Waals surface area contributed by atoms with E-state index in [4.69, 9.17) is 0 Å². The van der Waals surface area contributed by atoms with Crippen molar-refractivity contribution in [1.29, 1.82) is 0 Å². The molecule has 0 spiro atoms. The van der Waals surface area contributed by atoms with Gasteiger partial charge < -0.3 is 5.32 Å². The Morgan fingerprint density at radius 1 is 1.05 bits per heavy atom. The predicted octanol–water partition coefficient (Wildman–Crippen LogP) is 3.38. The Labute approximate surface area is 130 Å². The second-order valence-electron chi connectivity index (χ2n) is 5.53. The highest BCUT2D eigenvalue weighted by atomic mass is 15.1. The number of nitrogens with zero attached hydrogens (tertiary/aromatic N) is 2. The first kappa shape index (κ1) is 14.5. The lowest BCUT2D eigenvalue weighted by atomic mass is 10.0. The number of aromatic amines is 1. The van der Waals surface area contributed by atoms with Crippen molar-refractivity contribution in [3.05, 3.63) is 71.2 Å². The number of pyridine rings is 1. The minimum Gasteiger partial charge on any atom is -0.308 e. The number of hydrogen-bond acceptors (Lipinski definition) is 3. The Morgan fingerprint density at radius 2 is 1.95 bits per heavy atom. The van der Waals surface area contributed by atoms with Gasteiger partial charge in [0.1, 0.15) is 0 Å². The molecule has 4 nitrogen and oxygen atoms in total. The molecule has 0 aliphatic rings. The lowest BCUT2D eigenvalue weighted by Gasteiger charge is -2.07. The van der Waals surface area contributed by atoms with Crippen molar-refractivity contribution < 1.29 is 0 Å². The Bertz CT molecular complexity index is 747. The van der Waals surface area contributed by atoms with Crippen molar-refractivity contribution in [3.63, 3.8) is 0 Å². The highest BCUT2D eigenvalue weighted by molar-refractivity contribution is 5.64. The van der Waals surface area contributed by atoms with Crippen molar-refractivity contribution in [2.24, 2.45) is 0 Å². The molecule has 4 heteroatoms. The lowest BCUT2D eigenvalue weighted by molar-refractivity contribution is 0.692. The van der Waals surface area contributed by atoms with Crippen LogP contribution < -0.4 is 5.32 Å². The molecule has 0 fully saturated rings. The van der Waals surface area contributed by atoms with Gasteiger partial charge in [-0.05, 0) is 42.7 Å². The molecule has 3 aromatic rings. The van der Waals surface area contributed by atoms with Crippen molar-refractivity contribution in [2.75, 3.05) is 0 Å². The van der Waals surface area contributed by atoms with Gasteiger partial charge in [0.15, 0.2) is 0 Å². The molecule has 0 aliphatic carbocycles. The van der Waals surface area contributed by atoms with Crippen LogP contribution in [0.3, 0.4) is 0 Å². The van der Waals surface area contributed by atoms with Crippen LogP contribution in [-0.2, 0) is 13.1 Å². The molecule has 0 bridgehead atoms. The summed E-state index contributed by atoms with van der Waals surface area (Å²) in [6.07, 6.45) is 5.56. The second-order valence-corrected chi connectivity index (χ2v) is 5.53. The quantitative estimate of drug-likeness (QED) is 0.758. The van der Waals surface area contributed by atoms with Gasteiger partial charge in [-0.15, -0.1) is 0 Å². The lowest BCUT2D eigenvalue weighted by Crippen LogP contribution is -2.12. The smallest absolute Gasteiger partial charge is 0.0695 e. The molecule has 0 radical (unpaired) electrons. The summed E-state index contributed by atoms with van der Waals surface area (Å²) in [5.41, 5.74) is 7.22. The third-order valence-corrected chi connectivity index (χ3v) is 3.88. The molecule has 0 saturated heterocycles. The van der Waals surface area contributed by atoms with E-state index in [1.807, 2.05) is 18.5 Å². The molecule has 1 aromatic carbocycles. The molecule has 0 unspecified atom stereocenters. The van der Waals surface area contributed by atoms with Gasteiger partial charge in [-0.3, -0.25) is 10.1 Å². The van der Waals surface area contributed by atoms with E-state index >= 15 is 0 Å². The van der Waals surface area contributed by atoms with Crippen molar-refractivity contribution in [3.8, 4) is 11.3 Å². The van der Waals surface area contributed by atoms with E-state index in [2.05, 4.69) is 58.6 Å². The summed E-state index contributed by atoms with van der Waals surface area (Å²) in [6, 6.07) is 10.5. The monoisotopic (exact) mass is 292 g/mol. The second kappa shape index (κ2) is 6.54. The largest absolute Gasteiger partial charge is 0.308 e. The molecule has 2 N–H and O–H groups in total. The standard InChI is InChI=1S/C18H20N4/c1-13-5-6-16(8-14(13)2)18-17(12-21-22-18)11-20-10-15-4-3-7-19-9-15/h3-9,12,20H,10-11H2,1-2H3,(H,21,22). The Kier molecular flexibility index (Phi) is 4.30. The van der Waals surface area contributed by atoms with E-state index in [9.17, 15) is 0 Å². The Hall–Kier alpha value is -2.46. The topological polar surface area (TPSA) is 53.6 Å². The number of aryl methyl sites for hydroxylation is 2. The van der Waals surface area contributed by atoms with Gasteiger partial charge in [0.05, 0.1) is 11.9 Å². The minimum atomic E-state index is 0.771. The Morgan fingerprint density at radius 3 is 2.73 bits per heavy atom. The summed E-state index contributed by atoms with van der Waals surface area (Å²) in [6.45, 7) is 5.83. The number of hydrogen-bond donors (Lipinski definition) is 2. The first-order valence-corrected chi connectivity index (χ1v) is 7.43. The highest BCUT2D eigenvalue weighted by Crippen LogP contribution is 2.23. The van der Waals surface area contributed by atoms with Crippen LogP contribution >= 0.6 is 0 Å². The molecule has 3 rings (SSSR count). The van der Waals surface area contributed by atoms with E-state index < -0.39 is 0 Å². The minimum absolute atomic E-state index is 0.771. The van der Waals surface area contributed by atoms with Crippen LogP contribution in [-0.4, -0.2) is 15.2 Å². The van der Waals surface area contributed by atoms with Crippen LogP contribution in [0.25, 0.3) is 11.3 Å². The molecule has 0 atom stereocenters. The summed E-state index contributed by atoms with van der Waals surface area (Å²) in [5.74, 6) is 0. The molecule has 22 heavy (non-hydrogen) atoms. The molecule has 2 heterocycles. The van der Waals surface area contributed by atoms with Crippen LogP contribution in [0.1, 0.15) is 22.3 Å². The van der Waals surface area contributed by atoms with Gasteiger partial charge in [0, 0.05) is 36.6 Å². The summed E-state index contributed by atoms with van der Waals surface area (Å²) < 4.78 is 0. The van der Waals surface area contributed by atoms with E-state index in [-0.39, 0.29) is 0 Å². The van der Waals surface area contributed by atoms with Crippen LogP contribution in [0.15, 0.2) is 48.9 Å². The molecule has 112 valence electrons. The fraction of sp³-hybridized carbons (Fsp3) is 0.222. The van der Waals surface area contributed by atoms with E-state index in [1.54, 1.807) is 6.20 Å². The average molecular weight is 292 g/mol. The zero-order chi connectivity index (χ0) is 15.4. The maximum Gasteiger partial charge on any atom is 0.0695 e. The number of rotatable bonds is 5. The molecule has 2 aromatic heterocycles. The fourth-order valence-electron chi connectivity index (χ4n) is 2.44. The Balaban J connectivity index is 1.71. The highest BCUT2D eigenvalue weighted by Gasteiger charge is 2.08. The van der Waals surface area contributed by atoms with Crippen molar-refractivity contribution in [1.82, 2.24) is 20.5 Å². The third kappa shape index (κ3) is 3.23. The molecular weight excluding hydrogens is 272 g/mol. The average Bonchev–Trinajstić information content (AvgIpc) is 3.00. The van der Waals surface area contributed by atoms with Crippen LogP contribution in [0.4, 0.5) is 0 Å². The van der Waals surface area contributed by atoms with Crippen LogP contribution in [0, 0.1) is 13.8 Å². The van der Waals surface area contributed by atoms with Crippen LogP contribution in [0.5, 0.6) is 0 Å². The van der Waals surface area contributed by atoms with Crippen LogP contribution in [0.2, 0.25) is 0 Å². The van der Waals surface area contributed by atoms with Gasteiger partial charge in [-0.1, -0.05) is 18.2 Å². The first-order valence-electron chi connectivity index (χ1n) is 7.43. The van der Waals surface area contributed by atoms with Gasteiger partial charge in [0.2, 0.25) is 0 Å². The van der Waals surface area contributed by atoms with E-state index in [1.165, 1.54) is 27.8 Å². The summed E-state index contributed by atoms with van der Waals surface area (Å²) >= 11 is 0. The van der Waals surface area contributed by atoms with Crippen molar-refractivity contribution in [2.45, 2.75) is 26.9 Å². The number of aromatic nitrogens is 3. The number of benzene rings is 1. The molecule has 0 amide bonds. The van der Waals surface area contributed by atoms with E-state index in [0.717, 1.165) is 18.8 Å². The number of nitrogens with one attached hydrogen (secondary N) is 2. The first-order chi connectivity index (χ1) is 10.7. The summed E-state index contributed by atoms with van der Waals surface area (Å²) in [7, 11) is 0. The van der Waals surface area contributed by atoms with Gasteiger partial charge >= 0.3 is 0 Å². The molecular formula is C18H20N4. The summed E-state index contributed by atoms with van der Waals surface area (Å²) in [5, 5.41) is 10.8. The predicted molar refractivity (Wildman–Crippen MR) is 88.3 cm³/mol. The SMILES string of the molecule is Cc1ccc(-c2[nH]ncc2CNCc2cccnc2)cc1C. The number of H-pyrrole nitrogens is 1. The van der Waals surface area contributed by atoms with Gasteiger partial charge in [0.25, 0.3) is 0 Å². The van der Waals surface area contributed by atoms with Gasteiger partial charge in [-0.25, -0.2) is 0 Å².